The third-order valence-corrected chi connectivity index (χ3v) is 6.37. The van der Waals surface area contributed by atoms with E-state index in [1.54, 1.807) is 0 Å². The first kappa shape index (κ1) is 22.6. The summed E-state index contributed by atoms with van der Waals surface area (Å²) in [5.41, 5.74) is 12.2. The molecule has 6 nitrogen and oxygen atoms in total. The molecular weight excluding hydrogens is 434 g/mol. The molecule has 1 atom stereocenters. The molecule has 0 saturated heterocycles. The number of amides is 1. The van der Waals surface area contributed by atoms with E-state index in [2.05, 4.69) is 29.6 Å². The molecule has 0 aliphatic heterocycles. The second-order valence-corrected chi connectivity index (χ2v) is 8.93. The second kappa shape index (κ2) is 9.97. The Bertz CT molecular complexity index is 1460. The fourth-order valence-corrected chi connectivity index (χ4v) is 4.45. The molecule has 3 aromatic carbocycles. The molecule has 0 aliphatic rings. The highest BCUT2D eigenvalue weighted by Gasteiger charge is 2.24. The number of para-hydroxylation sites is 2. The Morgan fingerprint density at radius 3 is 2.09 bits per heavy atom. The number of aromatic nitrogens is 3. The van der Waals surface area contributed by atoms with E-state index in [4.69, 9.17) is 15.7 Å². The monoisotopic (exact) mass is 463 g/mol. The van der Waals surface area contributed by atoms with Crippen LogP contribution in [0, 0.1) is 0 Å². The number of nitrogen functional groups attached to an aromatic ring is 1. The summed E-state index contributed by atoms with van der Waals surface area (Å²) in [6.45, 7) is 2.63. The van der Waals surface area contributed by atoms with Crippen LogP contribution in [0.5, 0.6) is 0 Å². The van der Waals surface area contributed by atoms with E-state index in [1.807, 2.05) is 72.2 Å². The zero-order chi connectivity index (χ0) is 24.2. The molecule has 176 valence electrons. The smallest absolute Gasteiger partial charge is 0.257 e. The molecule has 0 spiro atoms. The van der Waals surface area contributed by atoms with E-state index >= 15 is 0 Å². The van der Waals surface area contributed by atoms with Gasteiger partial charge in [0.25, 0.3) is 5.91 Å². The van der Waals surface area contributed by atoms with Gasteiger partial charge in [-0.3, -0.25) is 4.79 Å². The fourth-order valence-electron chi connectivity index (χ4n) is 4.45. The van der Waals surface area contributed by atoms with Gasteiger partial charge in [0.1, 0.15) is 16.9 Å². The molecule has 5 rings (SSSR count). The molecule has 2 heterocycles. The summed E-state index contributed by atoms with van der Waals surface area (Å²) in [4.78, 5) is 23.1. The van der Waals surface area contributed by atoms with Gasteiger partial charge in [0, 0.05) is 12.6 Å². The molecule has 0 radical (unpaired) electrons. The molecule has 0 unspecified atom stereocenters. The number of hydrogen-bond donors (Lipinski definition) is 2. The average Bonchev–Trinajstić information content (AvgIpc) is 3.16. The normalized spacial score (nSPS) is 12.1. The Morgan fingerprint density at radius 2 is 1.43 bits per heavy atom. The van der Waals surface area contributed by atoms with E-state index in [0.29, 0.717) is 29.1 Å². The van der Waals surface area contributed by atoms with Crippen LogP contribution in [0.4, 0.5) is 5.82 Å². The van der Waals surface area contributed by atoms with Crippen LogP contribution in [0.2, 0.25) is 0 Å². The van der Waals surface area contributed by atoms with Crippen LogP contribution >= 0.6 is 0 Å². The maximum Gasteiger partial charge on any atom is 0.257 e. The first-order chi connectivity index (χ1) is 17.1. The minimum absolute atomic E-state index is 0.0155. The molecule has 0 aliphatic carbocycles. The molecule has 0 bridgehead atoms. The number of benzene rings is 3. The molecule has 3 N–H and O–H groups in total. The van der Waals surface area contributed by atoms with Crippen LogP contribution in [-0.4, -0.2) is 26.5 Å². The van der Waals surface area contributed by atoms with Crippen molar-refractivity contribution in [2.75, 3.05) is 5.73 Å². The van der Waals surface area contributed by atoms with Gasteiger partial charge in [-0.15, -0.1) is 0 Å². The quantitative estimate of drug-likeness (QED) is 0.333. The van der Waals surface area contributed by atoms with Crippen molar-refractivity contribution in [3.63, 3.8) is 0 Å². The molecule has 5 aromatic rings. The third-order valence-electron chi connectivity index (χ3n) is 6.37. The van der Waals surface area contributed by atoms with E-state index in [-0.39, 0.29) is 11.9 Å². The van der Waals surface area contributed by atoms with E-state index in [9.17, 15) is 4.79 Å². The number of nitrogens with one attached hydrogen (secondary N) is 1. The lowest BCUT2D eigenvalue weighted by atomic mass is 10.1. The van der Waals surface area contributed by atoms with Gasteiger partial charge < -0.3 is 15.6 Å². The van der Waals surface area contributed by atoms with Gasteiger partial charge in [-0.05, 0) is 49.4 Å². The lowest BCUT2D eigenvalue weighted by molar-refractivity contribution is 0.0940. The number of fused-ring (bicyclic) bond motifs is 2. The summed E-state index contributed by atoms with van der Waals surface area (Å²) in [5.74, 6) is 0.190. The van der Waals surface area contributed by atoms with Crippen molar-refractivity contribution >= 4 is 33.9 Å². The standard InChI is InChI=1S/C29H29N5O/c1-20(16-17-21-10-4-2-5-11-21)31-29(35)25-26-28(33-24-15-9-8-14-23(24)32-26)34(27(25)30)19-18-22-12-6-3-7-13-22/h2-15,20H,16-19,30H2,1H3,(H,31,35)/t20-/m0/s1. The number of aryl methyl sites for hydroxylation is 3. The third kappa shape index (κ3) is 4.87. The number of hydrogen-bond acceptors (Lipinski definition) is 4. The number of carbonyl (C=O) groups is 1. The summed E-state index contributed by atoms with van der Waals surface area (Å²) in [5, 5.41) is 3.13. The first-order valence-corrected chi connectivity index (χ1v) is 12.0. The van der Waals surface area contributed by atoms with Crippen LogP contribution in [0.1, 0.15) is 34.8 Å². The zero-order valence-corrected chi connectivity index (χ0v) is 19.8. The maximum atomic E-state index is 13.5. The van der Waals surface area contributed by atoms with Gasteiger partial charge in [-0.1, -0.05) is 72.8 Å². The highest BCUT2D eigenvalue weighted by Crippen LogP contribution is 2.28. The topological polar surface area (TPSA) is 85.8 Å². The van der Waals surface area contributed by atoms with Crippen LogP contribution in [0.15, 0.2) is 84.9 Å². The minimum atomic E-state index is -0.212. The van der Waals surface area contributed by atoms with E-state index in [1.165, 1.54) is 11.1 Å². The van der Waals surface area contributed by atoms with Gasteiger partial charge >= 0.3 is 0 Å². The predicted octanol–water partition coefficient (Wildman–Crippen LogP) is 5.16. The molecule has 1 amide bonds. The van der Waals surface area contributed by atoms with Crippen LogP contribution in [0.25, 0.3) is 22.2 Å². The summed E-state index contributed by atoms with van der Waals surface area (Å²) in [6, 6.07) is 28.2. The summed E-state index contributed by atoms with van der Waals surface area (Å²) < 4.78 is 1.92. The van der Waals surface area contributed by atoms with Crippen LogP contribution in [0.3, 0.4) is 0 Å². The highest BCUT2D eigenvalue weighted by molar-refractivity contribution is 6.10. The molecule has 0 saturated carbocycles. The zero-order valence-electron chi connectivity index (χ0n) is 19.8. The Morgan fingerprint density at radius 1 is 0.857 bits per heavy atom. The van der Waals surface area contributed by atoms with Crippen molar-refractivity contribution in [3.8, 4) is 0 Å². The predicted molar refractivity (Wildman–Crippen MR) is 141 cm³/mol. The van der Waals surface area contributed by atoms with Gasteiger partial charge in [0.05, 0.1) is 11.0 Å². The maximum absolute atomic E-state index is 13.5. The van der Waals surface area contributed by atoms with Gasteiger partial charge in [0.2, 0.25) is 0 Å². The lowest BCUT2D eigenvalue weighted by Gasteiger charge is -2.14. The lowest BCUT2D eigenvalue weighted by Crippen LogP contribution is -2.33. The van der Waals surface area contributed by atoms with Crippen molar-refractivity contribution in [2.24, 2.45) is 0 Å². The number of rotatable bonds is 8. The van der Waals surface area contributed by atoms with Crippen molar-refractivity contribution < 1.29 is 4.79 Å². The highest BCUT2D eigenvalue weighted by atomic mass is 16.1. The van der Waals surface area contributed by atoms with Crippen LogP contribution < -0.4 is 11.1 Å². The number of carbonyl (C=O) groups excluding carboxylic acids is 1. The Kier molecular flexibility index (Phi) is 6.44. The average molecular weight is 464 g/mol. The van der Waals surface area contributed by atoms with Gasteiger partial charge in [-0.25, -0.2) is 9.97 Å². The largest absolute Gasteiger partial charge is 0.384 e. The minimum Gasteiger partial charge on any atom is -0.384 e. The number of nitrogens with zero attached hydrogens (tertiary/aromatic N) is 3. The molecule has 6 heteroatoms. The van der Waals surface area contributed by atoms with Crippen molar-refractivity contribution in [3.05, 3.63) is 102 Å². The van der Waals surface area contributed by atoms with Gasteiger partial charge in [-0.2, -0.15) is 0 Å². The van der Waals surface area contributed by atoms with Gasteiger partial charge in [0.15, 0.2) is 5.65 Å². The summed E-state index contributed by atoms with van der Waals surface area (Å²) in [7, 11) is 0. The second-order valence-electron chi connectivity index (χ2n) is 8.93. The fraction of sp³-hybridized carbons (Fsp3) is 0.207. The summed E-state index contributed by atoms with van der Waals surface area (Å²) >= 11 is 0. The number of nitrogens with two attached hydrogens (primary N) is 1. The Balaban J connectivity index is 1.45. The molecular formula is C29H29N5O. The molecule has 2 aromatic heterocycles. The molecule has 35 heavy (non-hydrogen) atoms. The van der Waals surface area contributed by atoms with Crippen molar-refractivity contribution in [2.45, 2.75) is 38.8 Å². The van der Waals surface area contributed by atoms with Crippen molar-refractivity contribution in [1.29, 1.82) is 0 Å². The van der Waals surface area contributed by atoms with E-state index in [0.717, 1.165) is 30.3 Å². The Labute approximate surface area is 204 Å². The Hall–Kier alpha value is -4.19. The van der Waals surface area contributed by atoms with Crippen LogP contribution in [-0.2, 0) is 19.4 Å². The summed E-state index contributed by atoms with van der Waals surface area (Å²) in [6.07, 6.45) is 2.50. The van der Waals surface area contributed by atoms with Crippen molar-refractivity contribution in [1.82, 2.24) is 19.9 Å². The first-order valence-electron chi connectivity index (χ1n) is 12.0. The SMILES string of the molecule is C[C@@H](CCc1ccccc1)NC(=O)c1c(N)n(CCc2ccccc2)c2nc3ccccc3nc12. The number of anilines is 1. The molecule has 0 fully saturated rings. The van der Waals surface area contributed by atoms with E-state index < -0.39 is 0 Å².